The third-order valence-electron chi connectivity index (χ3n) is 3.55. The number of aromatic nitrogens is 1. The second-order valence-electron chi connectivity index (χ2n) is 4.74. The van der Waals surface area contributed by atoms with Crippen LogP contribution in [0.25, 0.3) is 17.0 Å². The number of aliphatic hydroxyl groups excluding tert-OH is 1. The number of anilines is 1. The van der Waals surface area contributed by atoms with Gasteiger partial charge in [-0.25, -0.2) is 0 Å². The molecular weight excluding hydrogens is 280 g/mol. The fraction of sp³-hybridized carbons (Fsp3) is 0.312. The second-order valence-corrected chi connectivity index (χ2v) is 4.74. The molecule has 22 heavy (non-hydrogen) atoms. The maximum Gasteiger partial charge on any atom is 0.248 e. The summed E-state index contributed by atoms with van der Waals surface area (Å²) in [5, 5.41) is 13.3. The number of nitrogens with zero attached hydrogens (tertiary/aromatic N) is 1. The predicted molar refractivity (Wildman–Crippen MR) is 89.1 cm³/mol. The molecular formula is C16H22N4O2. The third-order valence-corrected chi connectivity index (χ3v) is 3.55. The Morgan fingerprint density at radius 2 is 2.05 bits per heavy atom. The van der Waals surface area contributed by atoms with Gasteiger partial charge in [0.2, 0.25) is 5.91 Å². The van der Waals surface area contributed by atoms with Gasteiger partial charge in [-0.05, 0) is 12.1 Å². The van der Waals surface area contributed by atoms with Crippen molar-refractivity contribution in [2.75, 3.05) is 11.9 Å². The number of fused-ring (bicyclic) bond motifs is 3. The Bertz CT molecular complexity index is 718. The molecule has 1 aliphatic heterocycles. The molecule has 1 aromatic carbocycles. The van der Waals surface area contributed by atoms with Gasteiger partial charge in [-0.1, -0.05) is 32.0 Å². The highest BCUT2D eigenvalue weighted by molar-refractivity contribution is 6.05. The van der Waals surface area contributed by atoms with Crippen molar-refractivity contribution in [3.63, 3.8) is 0 Å². The van der Waals surface area contributed by atoms with Crippen LogP contribution in [0.3, 0.4) is 0 Å². The number of carbonyl (C=O) groups excluding carboxylic acids is 1. The Hall–Kier alpha value is -2.31. The zero-order valence-electron chi connectivity index (χ0n) is 12.8. The molecule has 2 heterocycles. The van der Waals surface area contributed by atoms with E-state index in [1.54, 1.807) is 6.08 Å². The second kappa shape index (κ2) is 6.64. The first-order valence-electron chi connectivity index (χ1n) is 7.39. The van der Waals surface area contributed by atoms with Crippen molar-refractivity contribution in [3.05, 3.63) is 35.4 Å². The van der Waals surface area contributed by atoms with Crippen molar-refractivity contribution in [1.29, 1.82) is 0 Å². The Balaban J connectivity index is 0.000000847. The summed E-state index contributed by atoms with van der Waals surface area (Å²) in [7, 11) is 0. The maximum atomic E-state index is 11.4. The smallest absolute Gasteiger partial charge is 0.248 e. The predicted octanol–water partition coefficient (Wildman–Crippen LogP) is 1.24. The van der Waals surface area contributed by atoms with E-state index in [9.17, 15) is 9.90 Å². The Kier molecular flexibility index (Phi) is 4.85. The number of amides is 1. The number of nitrogens with two attached hydrogens (primary N) is 2. The van der Waals surface area contributed by atoms with Gasteiger partial charge in [0.15, 0.2) is 0 Å². The molecule has 0 aliphatic carbocycles. The van der Waals surface area contributed by atoms with E-state index in [-0.39, 0.29) is 6.61 Å². The van der Waals surface area contributed by atoms with Crippen LogP contribution in [-0.4, -0.2) is 28.4 Å². The van der Waals surface area contributed by atoms with Crippen LogP contribution in [-0.2, 0) is 11.3 Å². The summed E-state index contributed by atoms with van der Waals surface area (Å²) >= 11 is 0. The lowest BCUT2D eigenvalue weighted by atomic mass is 10.0. The van der Waals surface area contributed by atoms with Crippen LogP contribution in [0.4, 0.5) is 5.82 Å². The largest absolute Gasteiger partial charge is 0.395 e. The SMILES string of the molecule is CC.NC(=O)C1=Cc2c(n(CCO)c3ccccc23)NC1N. The molecule has 3 rings (SSSR count). The summed E-state index contributed by atoms with van der Waals surface area (Å²) in [4.78, 5) is 11.4. The van der Waals surface area contributed by atoms with Gasteiger partial charge in [-0.15, -0.1) is 0 Å². The van der Waals surface area contributed by atoms with Crippen LogP contribution >= 0.6 is 0 Å². The summed E-state index contributed by atoms with van der Waals surface area (Å²) in [6, 6.07) is 7.79. The van der Waals surface area contributed by atoms with Crippen molar-refractivity contribution in [3.8, 4) is 0 Å². The van der Waals surface area contributed by atoms with Crippen LogP contribution < -0.4 is 16.8 Å². The molecule has 2 aromatic rings. The Morgan fingerprint density at radius 3 is 2.68 bits per heavy atom. The molecule has 0 fully saturated rings. The molecule has 0 bridgehead atoms. The lowest BCUT2D eigenvalue weighted by Gasteiger charge is -2.23. The molecule has 0 saturated carbocycles. The summed E-state index contributed by atoms with van der Waals surface area (Å²) in [5.41, 5.74) is 13.5. The van der Waals surface area contributed by atoms with E-state index in [0.29, 0.717) is 12.1 Å². The van der Waals surface area contributed by atoms with Gasteiger partial charge in [0, 0.05) is 17.5 Å². The molecule has 0 spiro atoms. The van der Waals surface area contributed by atoms with Gasteiger partial charge >= 0.3 is 0 Å². The summed E-state index contributed by atoms with van der Waals surface area (Å²) in [6.07, 6.45) is 1.09. The highest BCUT2D eigenvalue weighted by atomic mass is 16.3. The minimum absolute atomic E-state index is 0.0222. The van der Waals surface area contributed by atoms with E-state index in [4.69, 9.17) is 11.5 Å². The minimum Gasteiger partial charge on any atom is -0.395 e. The van der Waals surface area contributed by atoms with Gasteiger partial charge in [0.25, 0.3) is 0 Å². The third kappa shape index (κ3) is 2.58. The molecule has 1 amide bonds. The number of hydrogen-bond donors (Lipinski definition) is 4. The van der Waals surface area contributed by atoms with E-state index in [1.807, 2.05) is 42.7 Å². The number of aliphatic hydroxyl groups is 1. The zero-order valence-corrected chi connectivity index (χ0v) is 12.8. The van der Waals surface area contributed by atoms with Crippen LogP contribution in [0.1, 0.15) is 19.4 Å². The molecule has 6 heteroatoms. The van der Waals surface area contributed by atoms with Crippen molar-refractivity contribution in [2.24, 2.45) is 11.5 Å². The number of carbonyl (C=O) groups is 1. The first-order chi connectivity index (χ1) is 10.6. The first-order valence-corrected chi connectivity index (χ1v) is 7.39. The number of para-hydroxylation sites is 1. The van der Waals surface area contributed by atoms with E-state index in [2.05, 4.69) is 5.32 Å². The number of nitrogens with one attached hydrogen (secondary N) is 1. The van der Waals surface area contributed by atoms with Gasteiger partial charge in [0.1, 0.15) is 12.0 Å². The number of rotatable bonds is 3. The summed E-state index contributed by atoms with van der Waals surface area (Å²) in [5.74, 6) is 0.271. The standard InChI is InChI=1S/C14H16N4O2.C2H6/c15-12-10(13(16)20)7-9-8-3-1-2-4-11(8)18(5-6-19)14(9)17-12;1-2/h1-4,7,12,17,19H,5-6,15H2,(H2,16,20);1-2H3. The van der Waals surface area contributed by atoms with Gasteiger partial charge in [-0.3, -0.25) is 4.79 Å². The van der Waals surface area contributed by atoms with E-state index >= 15 is 0 Å². The quantitative estimate of drug-likeness (QED) is 0.684. The number of benzene rings is 1. The molecule has 1 aromatic heterocycles. The highest BCUT2D eigenvalue weighted by Gasteiger charge is 2.26. The Labute approximate surface area is 129 Å². The maximum absolute atomic E-state index is 11.4. The normalized spacial score (nSPS) is 16.2. The van der Waals surface area contributed by atoms with Crippen LogP contribution in [0.15, 0.2) is 29.8 Å². The van der Waals surface area contributed by atoms with Crippen molar-refractivity contribution >= 4 is 28.7 Å². The summed E-state index contributed by atoms with van der Waals surface area (Å²) < 4.78 is 1.96. The zero-order chi connectivity index (χ0) is 16.3. The average molecular weight is 302 g/mol. The van der Waals surface area contributed by atoms with Crippen LogP contribution in [0.5, 0.6) is 0 Å². The van der Waals surface area contributed by atoms with Crippen molar-refractivity contribution < 1.29 is 9.90 Å². The van der Waals surface area contributed by atoms with Gasteiger partial charge < -0.3 is 26.5 Å². The Morgan fingerprint density at radius 1 is 1.36 bits per heavy atom. The topological polar surface area (TPSA) is 106 Å². The fourth-order valence-corrected chi connectivity index (χ4v) is 2.66. The van der Waals surface area contributed by atoms with Crippen molar-refractivity contribution in [2.45, 2.75) is 26.6 Å². The number of primary amides is 1. The number of hydrogen-bond acceptors (Lipinski definition) is 4. The minimum atomic E-state index is -0.637. The van der Waals surface area contributed by atoms with Gasteiger partial charge in [0.05, 0.1) is 17.7 Å². The molecule has 6 N–H and O–H groups in total. The molecule has 0 radical (unpaired) electrons. The molecule has 118 valence electrons. The van der Waals surface area contributed by atoms with E-state index < -0.39 is 12.1 Å². The van der Waals surface area contributed by atoms with Crippen molar-refractivity contribution in [1.82, 2.24) is 4.57 Å². The first kappa shape index (κ1) is 16.1. The molecule has 0 saturated heterocycles. The van der Waals surface area contributed by atoms with Crippen LogP contribution in [0, 0.1) is 0 Å². The lowest BCUT2D eigenvalue weighted by molar-refractivity contribution is -0.114. The van der Waals surface area contributed by atoms with Crippen LogP contribution in [0.2, 0.25) is 0 Å². The molecule has 1 unspecified atom stereocenters. The monoisotopic (exact) mass is 302 g/mol. The lowest BCUT2D eigenvalue weighted by Crippen LogP contribution is -2.39. The molecule has 1 aliphatic rings. The van der Waals surface area contributed by atoms with Gasteiger partial charge in [-0.2, -0.15) is 0 Å². The van der Waals surface area contributed by atoms with E-state index in [1.165, 1.54) is 0 Å². The molecule has 6 nitrogen and oxygen atoms in total. The average Bonchev–Trinajstić information content (AvgIpc) is 2.82. The van der Waals surface area contributed by atoms with E-state index in [0.717, 1.165) is 22.3 Å². The highest BCUT2D eigenvalue weighted by Crippen LogP contribution is 2.35. The fourth-order valence-electron chi connectivity index (χ4n) is 2.66. The molecule has 1 atom stereocenters. The summed E-state index contributed by atoms with van der Waals surface area (Å²) in [6.45, 7) is 4.48.